The summed E-state index contributed by atoms with van der Waals surface area (Å²) < 4.78 is 0. The van der Waals surface area contributed by atoms with Gasteiger partial charge >= 0.3 is 5.97 Å². The van der Waals surface area contributed by atoms with E-state index in [4.69, 9.17) is 5.21 Å². The van der Waals surface area contributed by atoms with Gasteiger partial charge in [0.05, 0.1) is 0 Å². The monoisotopic (exact) mass is 324 g/mol. The number of carboxylic acids is 1. The Bertz CT molecular complexity index is 490. The maximum Gasteiger partial charge on any atom is 0.323 e. The van der Waals surface area contributed by atoms with E-state index >= 15 is 0 Å². The van der Waals surface area contributed by atoms with Crippen molar-refractivity contribution < 1.29 is 20.2 Å². The van der Waals surface area contributed by atoms with Crippen LogP contribution < -0.4 is 10.8 Å². The first kappa shape index (κ1) is 19.6. The van der Waals surface area contributed by atoms with Crippen LogP contribution in [0.3, 0.4) is 0 Å². The van der Waals surface area contributed by atoms with E-state index in [0.29, 0.717) is 25.8 Å². The summed E-state index contributed by atoms with van der Waals surface area (Å²) in [6.07, 6.45) is 0.693. The predicted molar refractivity (Wildman–Crippen MR) is 88.0 cm³/mol. The van der Waals surface area contributed by atoms with E-state index in [9.17, 15) is 15.0 Å². The first-order valence-electron chi connectivity index (χ1n) is 7.90. The molecule has 130 valence electrons. The predicted octanol–water partition coefficient (Wildman–Crippen LogP) is 1.90. The molecule has 0 spiro atoms. The van der Waals surface area contributed by atoms with Crippen LogP contribution >= 0.6 is 0 Å². The molecule has 2 atom stereocenters. The highest BCUT2D eigenvalue weighted by Gasteiger charge is 2.33. The lowest BCUT2D eigenvalue weighted by atomic mass is 9.90. The Morgan fingerprint density at radius 3 is 2.26 bits per heavy atom. The van der Waals surface area contributed by atoms with Gasteiger partial charge in [0.25, 0.3) is 0 Å². The molecule has 6 heteroatoms. The van der Waals surface area contributed by atoms with Crippen molar-refractivity contribution in [1.29, 1.82) is 0 Å². The Hall–Kier alpha value is -1.47. The zero-order valence-electron chi connectivity index (χ0n) is 14.0. The second-order valence-corrected chi connectivity index (χ2v) is 6.59. The van der Waals surface area contributed by atoms with Gasteiger partial charge in [-0.2, -0.15) is 5.48 Å². The number of aliphatic hydroxyl groups is 1. The summed E-state index contributed by atoms with van der Waals surface area (Å²) in [6.45, 7) is 6.21. The normalized spacial score (nSPS) is 15.4. The molecule has 2 unspecified atom stereocenters. The Morgan fingerprint density at radius 2 is 1.78 bits per heavy atom. The van der Waals surface area contributed by atoms with Crippen molar-refractivity contribution in [2.24, 2.45) is 5.92 Å². The van der Waals surface area contributed by atoms with Gasteiger partial charge in [-0.15, -0.1) is 0 Å². The molecule has 0 radical (unpaired) electrons. The molecule has 0 aliphatic carbocycles. The van der Waals surface area contributed by atoms with Crippen LogP contribution in [-0.2, 0) is 17.8 Å². The van der Waals surface area contributed by atoms with Crippen LogP contribution in [-0.4, -0.2) is 33.2 Å². The molecule has 6 nitrogen and oxygen atoms in total. The van der Waals surface area contributed by atoms with Crippen molar-refractivity contribution in [2.75, 3.05) is 0 Å². The third-order valence-corrected chi connectivity index (χ3v) is 3.85. The number of carbonyl (C=O) groups is 1. The van der Waals surface area contributed by atoms with Gasteiger partial charge in [-0.3, -0.25) is 10.1 Å². The maximum atomic E-state index is 11.5. The summed E-state index contributed by atoms with van der Waals surface area (Å²) in [4.78, 5) is 11.5. The second kappa shape index (κ2) is 8.98. The van der Waals surface area contributed by atoms with Crippen molar-refractivity contribution in [3.8, 4) is 0 Å². The molecule has 0 aromatic heterocycles. The van der Waals surface area contributed by atoms with Crippen LogP contribution in [0.2, 0.25) is 0 Å². The summed E-state index contributed by atoms with van der Waals surface area (Å²) >= 11 is 0. The van der Waals surface area contributed by atoms with E-state index in [1.165, 1.54) is 0 Å². The number of hydrogen-bond acceptors (Lipinski definition) is 5. The number of aliphatic carboxylic acids is 1. The molecule has 0 heterocycles. The lowest BCUT2D eigenvalue weighted by Crippen LogP contribution is -2.49. The first-order chi connectivity index (χ1) is 10.8. The summed E-state index contributed by atoms with van der Waals surface area (Å²) in [7, 11) is 0. The van der Waals surface area contributed by atoms with E-state index < -0.39 is 17.7 Å². The van der Waals surface area contributed by atoms with Gasteiger partial charge in [-0.25, -0.2) is 0 Å². The van der Waals surface area contributed by atoms with Crippen molar-refractivity contribution in [2.45, 2.75) is 58.3 Å². The number of rotatable bonds is 10. The number of nitrogens with one attached hydrogen (secondary N) is 2. The number of aliphatic hydroxyl groups excluding tert-OH is 1. The van der Waals surface area contributed by atoms with Gasteiger partial charge < -0.3 is 15.4 Å². The van der Waals surface area contributed by atoms with Crippen molar-refractivity contribution in [3.05, 3.63) is 35.4 Å². The van der Waals surface area contributed by atoms with Crippen LogP contribution in [0.5, 0.6) is 0 Å². The third kappa shape index (κ3) is 6.66. The van der Waals surface area contributed by atoms with E-state index in [1.54, 1.807) is 12.4 Å². The molecule has 0 amide bonds. The van der Waals surface area contributed by atoms with Gasteiger partial charge in [0.2, 0.25) is 0 Å². The number of carboxylic acid groups (broad SMARTS) is 1. The fourth-order valence-electron chi connectivity index (χ4n) is 2.54. The molecule has 0 bridgehead atoms. The lowest BCUT2D eigenvalue weighted by Gasteiger charge is -2.28. The average Bonchev–Trinajstić information content (AvgIpc) is 2.50. The third-order valence-electron chi connectivity index (χ3n) is 3.85. The SMILES string of the molecule is CC(C)CC(C)(NCc1ccc(CCC(O)NO)cc1)C(=O)O. The van der Waals surface area contributed by atoms with E-state index in [1.807, 2.05) is 38.1 Å². The van der Waals surface area contributed by atoms with Crippen molar-refractivity contribution in [3.63, 3.8) is 0 Å². The van der Waals surface area contributed by atoms with E-state index in [-0.39, 0.29) is 5.92 Å². The number of hydroxylamine groups is 1. The highest BCUT2D eigenvalue weighted by molar-refractivity contribution is 5.78. The molecule has 1 aromatic rings. The standard InChI is InChI=1S/C17H28N2O4/c1-12(2)10-17(3,16(21)22)18-11-14-6-4-13(5-7-14)8-9-15(20)19-23/h4-7,12,15,18-20,23H,8-11H2,1-3H3,(H,21,22). The summed E-state index contributed by atoms with van der Waals surface area (Å²) in [5.74, 6) is -0.550. The highest BCUT2D eigenvalue weighted by Crippen LogP contribution is 2.18. The largest absolute Gasteiger partial charge is 0.480 e. The molecule has 5 N–H and O–H groups in total. The lowest BCUT2D eigenvalue weighted by molar-refractivity contribution is -0.145. The molecule has 0 saturated carbocycles. The minimum absolute atomic E-state index is 0.289. The van der Waals surface area contributed by atoms with E-state index in [0.717, 1.165) is 11.1 Å². The zero-order valence-corrected chi connectivity index (χ0v) is 14.0. The van der Waals surface area contributed by atoms with E-state index in [2.05, 4.69) is 5.32 Å². The van der Waals surface area contributed by atoms with Crippen molar-refractivity contribution in [1.82, 2.24) is 10.8 Å². The minimum atomic E-state index is -0.941. The van der Waals surface area contributed by atoms with Gasteiger partial charge in [0.15, 0.2) is 0 Å². The number of aryl methyl sites for hydroxylation is 1. The molecule has 0 saturated heterocycles. The fraction of sp³-hybridized carbons (Fsp3) is 0.588. The number of hydrogen-bond donors (Lipinski definition) is 5. The number of benzene rings is 1. The van der Waals surface area contributed by atoms with Gasteiger partial charge in [-0.05, 0) is 43.2 Å². The van der Waals surface area contributed by atoms with Crippen LogP contribution in [0.4, 0.5) is 0 Å². The Labute approximate surface area is 137 Å². The Morgan fingerprint density at radius 1 is 1.22 bits per heavy atom. The summed E-state index contributed by atoms with van der Waals surface area (Å²) in [5.41, 5.74) is 2.91. The van der Waals surface area contributed by atoms with Crippen LogP contribution in [0.1, 0.15) is 44.7 Å². The summed E-state index contributed by atoms with van der Waals surface area (Å²) in [5, 5.41) is 30.4. The Kier molecular flexibility index (Phi) is 7.64. The smallest absolute Gasteiger partial charge is 0.323 e. The molecule has 1 rings (SSSR count). The molecule has 0 fully saturated rings. The molecule has 0 aliphatic heterocycles. The van der Waals surface area contributed by atoms with Gasteiger partial charge in [0.1, 0.15) is 11.8 Å². The van der Waals surface area contributed by atoms with Crippen molar-refractivity contribution >= 4 is 5.97 Å². The molecule has 0 aliphatic rings. The Balaban J connectivity index is 2.58. The van der Waals surface area contributed by atoms with Crippen LogP contribution in [0, 0.1) is 5.92 Å². The quantitative estimate of drug-likeness (QED) is 0.333. The maximum absolute atomic E-state index is 11.5. The van der Waals surface area contributed by atoms with Gasteiger partial charge in [0, 0.05) is 6.54 Å². The van der Waals surface area contributed by atoms with Gasteiger partial charge in [-0.1, -0.05) is 38.1 Å². The topological polar surface area (TPSA) is 102 Å². The van der Waals surface area contributed by atoms with Crippen LogP contribution in [0.15, 0.2) is 24.3 Å². The molecular formula is C17H28N2O4. The first-order valence-corrected chi connectivity index (χ1v) is 7.90. The summed E-state index contributed by atoms with van der Waals surface area (Å²) in [6, 6.07) is 7.78. The fourth-order valence-corrected chi connectivity index (χ4v) is 2.54. The molecule has 23 heavy (non-hydrogen) atoms. The molecule has 1 aromatic carbocycles. The molecular weight excluding hydrogens is 296 g/mol. The highest BCUT2D eigenvalue weighted by atomic mass is 16.5. The van der Waals surface area contributed by atoms with Crippen LogP contribution in [0.25, 0.3) is 0 Å². The second-order valence-electron chi connectivity index (χ2n) is 6.59. The zero-order chi connectivity index (χ0) is 17.5. The minimum Gasteiger partial charge on any atom is -0.480 e. The average molecular weight is 324 g/mol.